The van der Waals surface area contributed by atoms with Gasteiger partial charge in [-0.15, -0.1) is 0 Å². The molecule has 47 heavy (non-hydrogen) atoms. The summed E-state index contributed by atoms with van der Waals surface area (Å²) in [4.78, 5) is 97.5. The molecule has 6 rings (SSSR count). The monoisotopic (exact) mass is 643 g/mol. The SMILES string of the molecule is O=C1c2cc([N+](=O)[O-])cc3cc([N+](=O)[O-])cc(c23)C(=O)N1CCNCCN1C(=O)c2cc([N+](=O)[O-])cc3cc([N+](=O)[O-])cc(c23)C1=O. The highest BCUT2D eigenvalue weighted by Gasteiger charge is 2.37. The molecule has 0 saturated carbocycles. The Morgan fingerprint density at radius 3 is 0.957 bits per heavy atom. The fraction of sp³-hybridized carbons (Fsp3) is 0.143. The number of carbonyl (C=O) groups excluding carboxylic acids is 4. The number of nitro benzene ring substituents is 4. The first-order valence-electron chi connectivity index (χ1n) is 13.5. The maximum absolute atomic E-state index is 13.3. The van der Waals surface area contributed by atoms with Crippen LogP contribution in [0.1, 0.15) is 41.4 Å². The molecule has 0 fully saturated rings. The smallest absolute Gasteiger partial charge is 0.270 e. The molecule has 19 nitrogen and oxygen atoms in total. The summed E-state index contributed by atoms with van der Waals surface area (Å²) in [5, 5.41) is 48.8. The zero-order valence-corrected chi connectivity index (χ0v) is 23.5. The summed E-state index contributed by atoms with van der Waals surface area (Å²) in [6, 6.07) is 8.05. The highest BCUT2D eigenvalue weighted by Crippen LogP contribution is 2.37. The average molecular weight is 643 g/mol. The van der Waals surface area contributed by atoms with Gasteiger partial charge in [-0.25, -0.2) is 0 Å². The fourth-order valence-electron chi connectivity index (χ4n) is 5.74. The zero-order chi connectivity index (χ0) is 33.9. The Bertz CT molecular complexity index is 1910. The van der Waals surface area contributed by atoms with E-state index in [1.165, 1.54) is 0 Å². The second-order valence-corrected chi connectivity index (χ2v) is 10.5. The highest BCUT2D eigenvalue weighted by atomic mass is 16.6. The number of carbonyl (C=O) groups is 4. The third-order valence-corrected chi connectivity index (χ3v) is 7.81. The number of amides is 4. The topological polar surface area (TPSA) is 259 Å². The van der Waals surface area contributed by atoms with E-state index in [1.807, 2.05) is 0 Å². The highest BCUT2D eigenvalue weighted by molar-refractivity contribution is 6.27. The van der Waals surface area contributed by atoms with E-state index in [-0.39, 0.29) is 70.0 Å². The molecule has 0 atom stereocenters. The van der Waals surface area contributed by atoms with Gasteiger partial charge in [0.25, 0.3) is 46.4 Å². The molecule has 4 aromatic carbocycles. The number of nitrogens with zero attached hydrogens (tertiary/aromatic N) is 6. The first kappa shape index (κ1) is 30.3. The molecule has 0 spiro atoms. The van der Waals surface area contributed by atoms with Crippen molar-refractivity contribution in [3.63, 3.8) is 0 Å². The minimum atomic E-state index is -0.874. The molecule has 0 aliphatic carbocycles. The molecule has 0 unspecified atom stereocenters. The standard InChI is InChI=1S/C28H17N7O12/c36-25-19-9-15(32(40)41)5-13-6-16(33(42)43)10-20(23(13)19)26(37)30(25)3-1-29-2-4-31-27(38)21-11-17(34(44)45)7-14-8-18(35(46)47)12-22(24(14)21)28(31)39/h5-12,29H,1-4H2. The van der Waals surface area contributed by atoms with Gasteiger partial charge >= 0.3 is 0 Å². The predicted molar refractivity (Wildman–Crippen MR) is 158 cm³/mol. The van der Waals surface area contributed by atoms with E-state index in [4.69, 9.17) is 0 Å². The van der Waals surface area contributed by atoms with Crippen molar-refractivity contribution in [2.45, 2.75) is 0 Å². The Morgan fingerprint density at radius 1 is 0.468 bits per heavy atom. The van der Waals surface area contributed by atoms with Crippen LogP contribution < -0.4 is 5.32 Å². The second kappa shape index (κ2) is 11.0. The summed E-state index contributed by atoms with van der Waals surface area (Å²) >= 11 is 0. The largest absolute Gasteiger partial charge is 0.313 e. The van der Waals surface area contributed by atoms with Crippen LogP contribution in [-0.4, -0.2) is 79.3 Å². The number of imide groups is 2. The molecule has 2 heterocycles. The molecule has 4 amide bonds. The minimum absolute atomic E-state index is 0.0262. The van der Waals surface area contributed by atoms with Crippen LogP contribution in [0.25, 0.3) is 21.5 Å². The number of rotatable bonds is 10. The summed E-state index contributed by atoms with van der Waals surface area (Å²) < 4.78 is 0. The molecule has 2 aliphatic heterocycles. The van der Waals surface area contributed by atoms with Crippen LogP contribution in [0.2, 0.25) is 0 Å². The van der Waals surface area contributed by atoms with Gasteiger partial charge in [-0.05, 0) is 10.8 Å². The number of nitro groups is 4. The van der Waals surface area contributed by atoms with Crippen molar-refractivity contribution in [1.82, 2.24) is 15.1 Å². The Labute approximate surface area is 259 Å². The summed E-state index contributed by atoms with van der Waals surface area (Å²) in [7, 11) is 0. The van der Waals surface area contributed by atoms with Crippen molar-refractivity contribution in [3.8, 4) is 0 Å². The van der Waals surface area contributed by atoms with Crippen molar-refractivity contribution in [3.05, 3.63) is 111 Å². The van der Waals surface area contributed by atoms with E-state index in [0.29, 0.717) is 0 Å². The van der Waals surface area contributed by atoms with Crippen LogP contribution in [0.5, 0.6) is 0 Å². The van der Waals surface area contributed by atoms with Crippen LogP contribution in [-0.2, 0) is 0 Å². The normalized spacial score (nSPS) is 13.9. The lowest BCUT2D eigenvalue weighted by Crippen LogP contribution is -2.46. The van der Waals surface area contributed by atoms with Gasteiger partial charge in [0.1, 0.15) is 0 Å². The third kappa shape index (κ3) is 4.91. The molecular weight excluding hydrogens is 626 g/mol. The van der Waals surface area contributed by atoms with Gasteiger partial charge in [0.15, 0.2) is 0 Å². The van der Waals surface area contributed by atoms with Crippen LogP contribution in [0.3, 0.4) is 0 Å². The molecular formula is C28H17N7O12. The quantitative estimate of drug-likeness (QED) is 0.113. The van der Waals surface area contributed by atoms with Crippen molar-refractivity contribution < 1.29 is 38.9 Å². The van der Waals surface area contributed by atoms with Crippen molar-refractivity contribution in [1.29, 1.82) is 0 Å². The van der Waals surface area contributed by atoms with E-state index in [1.54, 1.807) is 0 Å². The van der Waals surface area contributed by atoms with Gasteiger partial charge in [-0.1, -0.05) is 0 Å². The molecule has 236 valence electrons. The first-order chi connectivity index (χ1) is 22.3. The van der Waals surface area contributed by atoms with Gasteiger partial charge in [0.2, 0.25) is 0 Å². The van der Waals surface area contributed by atoms with Crippen molar-refractivity contribution >= 4 is 67.9 Å². The summed E-state index contributed by atoms with van der Waals surface area (Å²) in [5.74, 6) is -3.50. The van der Waals surface area contributed by atoms with Gasteiger partial charge in [-0.2, -0.15) is 0 Å². The van der Waals surface area contributed by atoms with E-state index >= 15 is 0 Å². The Balaban J connectivity index is 1.20. The molecule has 0 bridgehead atoms. The molecule has 2 aliphatic rings. The van der Waals surface area contributed by atoms with Gasteiger partial charge < -0.3 is 5.32 Å². The first-order valence-corrected chi connectivity index (χ1v) is 13.5. The second-order valence-electron chi connectivity index (χ2n) is 10.5. The van der Waals surface area contributed by atoms with E-state index in [2.05, 4.69) is 5.32 Å². The molecule has 19 heteroatoms. The number of nitrogens with one attached hydrogen (secondary N) is 1. The summed E-state index contributed by atoms with van der Waals surface area (Å²) in [5.41, 5.74) is -2.82. The van der Waals surface area contributed by atoms with Gasteiger partial charge in [0.05, 0.1) is 41.9 Å². The zero-order valence-electron chi connectivity index (χ0n) is 23.5. The Hall–Kier alpha value is -6.76. The average Bonchev–Trinajstić information content (AvgIpc) is 3.03. The molecule has 0 aromatic heterocycles. The van der Waals surface area contributed by atoms with Crippen LogP contribution in [0.15, 0.2) is 48.5 Å². The lowest BCUT2D eigenvalue weighted by atomic mass is 9.92. The van der Waals surface area contributed by atoms with Gasteiger partial charge in [-0.3, -0.25) is 69.4 Å². The van der Waals surface area contributed by atoms with Gasteiger partial charge in [0, 0.05) is 85.5 Å². The van der Waals surface area contributed by atoms with Crippen LogP contribution in [0, 0.1) is 40.5 Å². The maximum Gasteiger partial charge on any atom is 0.270 e. The molecule has 1 N–H and O–H groups in total. The van der Waals surface area contributed by atoms with E-state index in [9.17, 15) is 59.6 Å². The third-order valence-electron chi connectivity index (χ3n) is 7.81. The van der Waals surface area contributed by atoms with Crippen molar-refractivity contribution in [2.24, 2.45) is 0 Å². The summed E-state index contributed by atoms with van der Waals surface area (Å²) in [6.45, 7) is -0.850. The van der Waals surface area contributed by atoms with Crippen LogP contribution >= 0.6 is 0 Å². The minimum Gasteiger partial charge on any atom is -0.313 e. The lowest BCUT2D eigenvalue weighted by Gasteiger charge is -2.28. The van der Waals surface area contributed by atoms with E-state index in [0.717, 1.165) is 58.3 Å². The maximum atomic E-state index is 13.3. The number of benzene rings is 4. The van der Waals surface area contributed by atoms with Crippen LogP contribution in [0.4, 0.5) is 22.7 Å². The summed E-state index contributed by atoms with van der Waals surface area (Å²) in [6.07, 6.45) is 0. The number of hydrogen-bond donors (Lipinski definition) is 1. The Kier molecular flexibility index (Phi) is 7.08. The predicted octanol–water partition coefficient (Wildman–Crippen LogP) is 3.11. The number of hydrogen-bond acceptors (Lipinski definition) is 13. The molecule has 0 radical (unpaired) electrons. The van der Waals surface area contributed by atoms with E-state index < -0.39 is 66.1 Å². The fourth-order valence-corrected chi connectivity index (χ4v) is 5.74. The number of non-ortho nitro benzene ring substituents is 4. The molecule has 0 saturated heterocycles. The lowest BCUT2D eigenvalue weighted by molar-refractivity contribution is -0.385. The van der Waals surface area contributed by atoms with Crippen molar-refractivity contribution in [2.75, 3.05) is 26.2 Å². The Morgan fingerprint density at radius 2 is 0.723 bits per heavy atom. The molecule has 4 aromatic rings.